The molecule has 1 amide bonds. The second kappa shape index (κ2) is 7.32. The highest BCUT2D eigenvalue weighted by Gasteiger charge is 2.44. The summed E-state index contributed by atoms with van der Waals surface area (Å²) in [5.41, 5.74) is 2.63. The molecule has 2 heterocycles. The van der Waals surface area contributed by atoms with E-state index >= 15 is 0 Å². The number of hydrogen-bond donors (Lipinski definition) is 1. The van der Waals surface area contributed by atoms with Crippen LogP contribution in [-0.2, 0) is 5.79 Å². The Morgan fingerprint density at radius 2 is 1.96 bits per heavy atom. The van der Waals surface area contributed by atoms with Crippen LogP contribution in [-0.4, -0.2) is 35.1 Å². The Balaban J connectivity index is 1.64. The summed E-state index contributed by atoms with van der Waals surface area (Å²) < 4.78 is 12.6. The SMILES string of the molecule is C/C=C(\C)CC1(c2ccccc2)Oc2ccc(C(=O)N3CCC(O)C3)cc2O1. The van der Waals surface area contributed by atoms with Crippen LogP contribution in [0.4, 0.5) is 0 Å². The molecular formula is C23H25NO4. The summed E-state index contributed by atoms with van der Waals surface area (Å²) in [4.78, 5) is 14.4. The molecule has 1 fully saturated rings. The van der Waals surface area contributed by atoms with Crippen LogP contribution in [0.2, 0.25) is 0 Å². The second-order valence-corrected chi connectivity index (χ2v) is 7.49. The maximum atomic E-state index is 12.8. The topological polar surface area (TPSA) is 59.0 Å². The molecule has 28 heavy (non-hydrogen) atoms. The summed E-state index contributed by atoms with van der Waals surface area (Å²) in [6.45, 7) is 5.00. The van der Waals surface area contributed by atoms with Crippen molar-refractivity contribution in [2.75, 3.05) is 13.1 Å². The number of likely N-dealkylation sites (tertiary alicyclic amines) is 1. The standard InChI is InChI=1S/C23H25NO4/c1-3-16(2)14-23(18-7-5-4-6-8-18)27-20-10-9-17(13-21(20)28-23)22(26)24-12-11-19(25)15-24/h3-10,13,19,25H,11-12,14-15H2,1-2H3/b16-3+. The van der Waals surface area contributed by atoms with Gasteiger partial charge in [0, 0.05) is 24.2 Å². The number of fused-ring (bicyclic) bond motifs is 1. The monoisotopic (exact) mass is 379 g/mol. The van der Waals surface area contributed by atoms with Crippen molar-refractivity contribution in [1.29, 1.82) is 0 Å². The van der Waals surface area contributed by atoms with E-state index in [1.54, 1.807) is 23.1 Å². The lowest BCUT2D eigenvalue weighted by Gasteiger charge is -2.28. The molecule has 4 rings (SSSR count). The molecule has 0 bridgehead atoms. The van der Waals surface area contributed by atoms with Gasteiger partial charge in [-0.15, -0.1) is 0 Å². The summed E-state index contributed by atoms with van der Waals surface area (Å²) >= 11 is 0. The van der Waals surface area contributed by atoms with E-state index in [-0.39, 0.29) is 5.91 Å². The number of allylic oxidation sites excluding steroid dienone is 1. The van der Waals surface area contributed by atoms with Crippen LogP contribution in [0.25, 0.3) is 0 Å². The van der Waals surface area contributed by atoms with E-state index in [0.717, 1.165) is 11.1 Å². The second-order valence-electron chi connectivity index (χ2n) is 7.49. The van der Waals surface area contributed by atoms with Gasteiger partial charge in [0.15, 0.2) is 11.5 Å². The first-order valence-corrected chi connectivity index (χ1v) is 9.67. The van der Waals surface area contributed by atoms with E-state index in [1.807, 2.05) is 50.3 Å². The highest BCUT2D eigenvalue weighted by atomic mass is 16.7. The predicted octanol–water partition coefficient (Wildman–Crippen LogP) is 3.87. The number of carbonyl (C=O) groups is 1. The van der Waals surface area contributed by atoms with Gasteiger partial charge in [0.05, 0.1) is 12.5 Å². The number of ether oxygens (including phenoxy) is 2. The van der Waals surface area contributed by atoms with Crippen LogP contribution in [0.5, 0.6) is 11.5 Å². The van der Waals surface area contributed by atoms with Crippen molar-refractivity contribution in [2.24, 2.45) is 0 Å². The summed E-state index contributed by atoms with van der Waals surface area (Å²) in [6.07, 6.45) is 2.82. The molecule has 0 aromatic heterocycles. The minimum absolute atomic E-state index is 0.0928. The van der Waals surface area contributed by atoms with Gasteiger partial charge in [-0.2, -0.15) is 0 Å². The molecule has 1 saturated heterocycles. The van der Waals surface area contributed by atoms with Crippen molar-refractivity contribution in [2.45, 2.75) is 38.6 Å². The van der Waals surface area contributed by atoms with Crippen molar-refractivity contribution in [3.05, 3.63) is 71.3 Å². The van der Waals surface area contributed by atoms with E-state index < -0.39 is 11.9 Å². The zero-order valence-corrected chi connectivity index (χ0v) is 16.2. The fourth-order valence-electron chi connectivity index (χ4n) is 3.74. The highest BCUT2D eigenvalue weighted by molar-refractivity contribution is 5.95. The molecule has 0 spiro atoms. The minimum Gasteiger partial charge on any atom is -0.444 e. The Bertz CT molecular complexity index is 908. The van der Waals surface area contributed by atoms with Gasteiger partial charge in [-0.05, 0) is 38.5 Å². The van der Waals surface area contributed by atoms with Gasteiger partial charge in [-0.25, -0.2) is 0 Å². The van der Waals surface area contributed by atoms with Crippen LogP contribution < -0.4 is 9.47 Å². The first kappa shape index (κ1) is 18.6. The number of rotatable bonds is 4. The molecule has 146 valence electrons. The molecule has 2 aromatic rings. The number of aliphatic hydroxyl groups is 1. The average Bonchev–Trinajstić information content (AvgIpc) is 3.31. The van der Waals surface area contributed by atoms with Crippen LogP contribution in [0, 0.1) is 0 Å². The minimum atomic E-state index is -0.939. The Kier molecular flexibility index (Phi) is 4.85. The van der Waals surface area contributed by atoms with Gasteiger partial charge in [-0.3, -0.25) is 4.79 Å². The molecule has 2 aliphatic rings. The van der Waals surface area contributed by atoms with Crippen LogP contribution in [0.1, 0.15) is 42.6 Å². The van der Waals surface area contributed by atoms with Crippen LogP contribution in [0.15, 0.2) is 60.2 Å². The molecule has 5 heteroatoms. The van der Waals surface area contributed by atoms with Gasteiger partial charge in [-0.1, -0.05) is 42.0 Å². The molecule has 2 atom stereocenters. The molecule has 1 N–H and O–H groups in total. The number of aliphatic hydroxyl groups excluding tert-OH is 1. The summed E-state index contributed by atoms with van der Waals surface area (Å²) in [5, 5.41) is 9.71. The molecule has 5 nitrogen and oxygen atoms in total. The largest absolute Gasteiger partial charge is 0.444 e. The molecule has 0 aliphatic carbocycles. The van der Waals surface area contributed by atoms with Crippen molar-refractivity contribution in [3.63, 3.8) is 0 Å². The van der Waals surface area contributed by atoms with Gasteiger partial charge >= 0.3 is 0 Å². The van der Waals surface area contributed by atoms with Crippen molar-refractivity contribution in [1.82, 2.24) is 4.90 Å². The van der Waals surface area contributed by atoms with Crippen molar-refractivity contribution in [3.8, 4) is 11.5 Å². The van der Waals surface area contributed by atoms with E-state index in [1.165, 1.54) is 0 Å². The highest BCUT2D eigenvalue weighted by Crippen LogP contribution is 2.47. The zero-order valence-electron chi connectivity index (χ0n) is 16.2. The summed E-state index contributed by atoms with van der Waals surface area (Å²) in [5.74, 6) is 0.167. The zero-order chi connectivity index (χ0) is 19.7. The summed E-state index contributed by atoms with van der Waals surface area (Å²) in [6, 6.07) is 15.2. The normalized spacial score (nSPS) is 23.9. The predicted molar refractivity (Wildman–Crippen MR) is 106 cm³/mol. The lowest BCUT2D eigenvalue weighted by molar-refractivity contribution is -0.0854. The van der Waals surface area contributed by atoms with Crippen molar-refractivity contribution < 1.29 is 19.4 Å². The van der Waals surface area contributed by atoms with Gasteiger partial charge in [0.25, 0.3) is 11.7 Å². The Labute approximate surface area is 165 Å². The fourth-order valence-corrected chi connectivity index (χ4v) is 3.74. The lowest BCUT2D eigenvalue weighted by atomic mass is 9.98. The van der Waals surface area contributed by atoms with Crippen LogP contribution >= 0.6 is 0 Å². The maximum Gasteiger partial charge on any atom is 0.282 e. The first-order valence-electron chi connectivity index (χ1n) is 9.67. The Hall–Kier alpha value is -2.79. The number of hydrogen-bond acceptors (Lipinski definition) is 4. The maximum absolute atomic E-state index is 12.8. The smallest absolute Gasteiger partial charge is 0.282 e. The fraction of sp³-hybridized carbons (Fsp3) is 0.348. The van der Waals surface area contributed by atoms with Gasteiger partial charge < -0.3 is 19.5 Å². The Morgan fingerprint density at radius 1 is 1.21 bits per heavy atom. The van der Waals surface area contributed by atoms with Crippen molar-refractivity contribution >= 4 is 5.91 Å². The molecule has 2 unspecified atom stereocenters. The Morgan fingerprint density at radius 3 is 2.64 bits per heavy atom. The number of β-amino-alcohol motifs (C(OH)–C–C–N with tert-alkyl or cyclic N) is 1. The third-order valence-corrected chi connectivity index (χ3v) is 5.41. The van der Waals surface area contributed by atoms with E-state index in [2.05, 4.69) is 0 Å². The number of benzene rings is 2. The molecule has 2 aliphatic heterocycles. The average molecular weight is 379 g/mol. The van der Waals surface area contributed by atoms with Gasteiger partial charge in [0.2, 0.25) is 0 Å². The quantitative estimate of drug-likeness (QED) is 0.819. The van der Waals surface area contributed by atoms with E-state index in [9.17, 15) is 9.90 Å². The number of carbonyl (C=O) groups excluding carboxylic acids is 1. The third kappa shape index (κ3) is 3.38. The third-order valence-electron chi connectivity index (χ3n) is 5.41. The molecule has 2 aromatic carbocycles. The van der Waals surface area contributed by atoms with Crippen LogP contribution in [0.3, 0.4) is 0 Å². The molecular weight excluding hydrogens is 354 g/mol. The first-order chi connectivity index (χ1) is 13.5. The van der Waals surface area contributed by atoms with E-state index in [0.29, 0.717) is 43.0 Å². The van der Waals surface area contributed by atoms with E-state index in [4.69, 9.17) is 9.47 Å². The van der Waals surface area contributed by atoms with Gasteiger partial charge in [0.1, 0.15) is 0 Å². The lowest BCUT2D eigenvalue weighted by Crippen LogP contribution is -2.35. The number of nitrogens with zero attached hydrogens (tertiary/aromatic N) is 1. The number of amides is 1. The summed E-state index contributed by atoms with van der Waals surface area (Å²) in [7, 11) is 0. The molecule has 0 radical (unpaired) electrons. The molecule has 0 saturated carbocycles.